The van der Waals surface area contributed by atoms with Crippen molar-refractivity contribution in [2.45, 2.75) is 52.2 Å². The van der Waals surface area contributed by atoms with Crippen LogP contribution in [0.2, 0.25) is 0 Å². The van der Waals surface area contributed by atoms with Gasteiger partial charge in [-0.05, 0) is 32.7 Å². The summed E-state index contributed by atoms with van der Waals surface area (Å²) in [4.78, 5) is 0. The Morgan fingerprint density at radius 3 is 2.76 bits per heavy atom. The van der Waals surface area contributed by atoms with Crippen LogP contribution < -0.4 is 5.32 Å². The van der Waals surface area contributed by atoms with Crippen LogP contribution >= 0.6 is 0 Å². The lowest BCUT2D eigenvalue weighted by Crippen LogP contribution is -2.69. The first-order valence-electron chi connectivity index (χ1n) is 8.09. The van der Waals surface area contributed by atoms with Gasteiger partial charge in [-0.15, -0.1) is 0 Å². The molecule has 0 aromatic carbocycles. The van der Waals surface area contributed by atoms with Crippen molar-refractivity contribution in [3.8, 4) is 0 Å². The fraction of sp³-hybridized carbons (Fsp3) is 1.00. The Labute approximate surface area is 129 Å². The van der Waals surface area contributed by atoms with E-state index in [1.807, 2.05) is 0 Å². The second-order valence-electron chi connectivity index (χ2n) is 6.93. The molecule has 2 aliphatic rings. The van der Waals surface area contributed by atoms with Gasteiger partial charge in [0.1, 0.15) is 0 Å². The van der Waals surface area contributed by atoms with Crippen LogP contribution in [0.5, 0.6) is 0 Å². The van der Waals surface area contributed by atoms with Crippen LogP contribution in [-0.4, -0.2) is 57.4 Å². The smallest absolute Gasteiger partial charge is 0.213 e. The molecule has 5 nitrogen and oxygen atoms in total. The lowest BCUT2D eigenvalue weighted by atomic mass is 9.55. The summed E-state index contributed by atoms with van der Waals surface area (Å²) in [5, 5.41) is 3.63. The highest BCUT2D eigenvalue weighted by Gasteiger charge is 2.57. The lowest BCUT2D eigenvalue weighted by Gasteiger charge is -2.60. The molecular formula is C15H30N2O3S. The van der Waals surface area contributed by atoms with E-state index in [0.29, 0.717) is 24.6 Å². The number of hydrogen-bond donors (Lipinski definition) is 1. The van der Waals surface area contributed by atoms with Crippen molar-refractivity contribution in [3.63, 3.8) is 0 Å². The van der Waals surface area contributed by atoms with Gasteiger partial charge < -0.3 is 10.1 Å². The predicted octanol–water partition coefficient (Wildman–Crippen LogP) is 1.45. The highest BCUT2D eigenvalue weighted by molar-refractivity contribution is 7.89. The van der Waals surface area contributed by atoms with Gasteiger partial charge >= 0.3 is 0 Å². The van der Waals surface area contributed by atoms with Gasteiger partial charge in [-0.3, -0.25) is 0 Å². The summed E-state index contributed by atoms with van der Waals surface area (Å²) in [6.45, 7) is 8.57. The Morgan fingerprint density at radius 1 is 1.38 bits per heavy atom. The van der Waals surface area contributed by atoms with E-state index in [1.165, 1.54) is 10.7 Å². The number of nitrogens with zero attached hydrogens (tertiary/aromatic N) is 1. The zero-order chi connectivity index (χ0) is 15.7. The Balaban J connectivity index is 1.74. The van der Waals surface area contributed by atoms with Gasteiger partial charge in [0.15, 0.2) is 0 Å². The first-order chi connectivity index (χ1) is 9.80. The van der Waals surface area contributed by atoms with Gasteiger partial charge in [-0.25, -0.2) is 12.7 Å². The molecule has 6 heteroatoms. The van der Waals surface area contributed by atoms with E-state index in [0.717, 1.165) is 26.0 Å². The lowest BCUT2D eigenvalue weighted by molar-refractivity contribution is -0.192. The molecule has 3 atom stereocenters. The number of fused-ring (bicyclic) bond motifs is 1. The molecule has 21 heavy (non-hydrogen) atoms. The van der Waals surface area contributed by atoms with E-state index in [4.69, 9.17) is 4.74 Å². The molecule has 2 rings (SSSR count). The van der Waals surface area contributed by atoms with E-state index in [2.05, 4.69) is 19.2 Å². The topological polar surface area (TPSA) is 58.6 Å². The maximum atomic E-state index is 11.7. The molecule has 1 saturated carbocycles. The Kier molecular flexibility index (Phi) is 5.34. The third-order valence-corrected chi connectivity index (χ3v) is 7.05. The van der Waals surface area contributed by atoms with E-state index in [9.17, 15) is 8.42 Å². The van der Waals surface area contributed by atoms with Crippen LogP contribution in [0.4, 0.5) is 0 Å². The van der Waals surface area contributed by atoms with Crippen LogP contribution in [0.1, 0.15) is 40.0 Å². The van der Waals surface area contributed by atoms with Crippen LogP contribution in [0.15, 0.2) is 0 Å². The first-order valence-corrected chi connectivity index (χ1v) is 9.70. The number of sulfonamides is 1. The van der Waals surface area contributed by atoms with Crippen molar-refractivity contribution in [3.05, 3.63) is 0 Å². The van der Waals surface area contributed by atoms with Gasteiger partial charge in [-0.1, -0.05) is 13.8 Å². The van der Waals surface area contributed by atoms with Crippen molar-refractivity contribution in [1.29, 1.82) is 0 Å². The quantitative estimate of drug-likeness (QED) is 0.722. The molecule has 1 saturated heterocycles. The molecule has 124 valence electrons. The minimum atomic E-state index is -3.05. The van der Waals surface area contributed by atoms with E-state index >= 15 is 0 Å². The van der Waals surface area contributed by atoms with E-state index in [-0.39, 0.29) is 11.2 Å². The summed E-state index contributed by atoms with van der Waals surface area (Å²) in [5.41, 5.74) is 0.187. The Hall–Kier alpha value is -0.170. The van der Waals surface area contributed by atoms with Crippen LogP contribution in [0.3, 0.4) is 0 Å². The molecule has 2 fully saturated rings. The van der Waals surface area contributed by atoms with E-state index < -0.39 is 10.0 Å². The summed E-state index contributed by atoms with van der Waals surface area (Å²) < 4.78 is 30.7. The molecule has 0 unspecified atom stereocenters. The van der Waals surface area contributed by atoms with Gasteiger partial charge in [0.25, 0.3) is 0 Å². The monoisotopic (exact) mass is 318 g/mol. The summed E-state index contributed by atoms with van der Waals surface area (Å²) in [5.74, 6) is 0.805. The van der Waals surface area contributed by atoms with Crippen molar-refractivity contribution in [2.24, 2.45) is 11.3 Å². The number of hydrogen-bond acceptors (Lipinski definition) is 4. The van der Waals surface area contributed by atoms with Crippen LogP contribution in [0.25, 0.3) is 0 Å². The highest BCUT2D eigenvalue weighted by Crippen LogP contribution is 2.51. The van der Waals surface area contributed by atoms with E-state index in [1.54, 1.807) is 14.0 Å². The third-order valence-electron chi connectivity index (χ3n) is 5.18. The third kappa shape index (κ3) is 3.44. The summed E-state index contributed by atoms with van der Waals surface area (Å²) in [6, 6.07) is 0.496. The van der Waals surface area contributed by atoms with Crippen LogP contribution in [-0.2, 0) is 14.8 Å². The molecular weight excluding hydrogens is 288 g/mol. The first kappa shape index (κ1) is 17.2. The molecule has 1 aliphatic carbocycles. The standard InChI is InChI=1S/C15H30N2O3S/c1-5-21(18,19)17(4)10-7-9-16-13-12-8-6-11-20-14(12)15(13,2)3/h12-14,16H,5-11H2,1-4H3/t12-,13+,14-/m0/s1. The van der Waals surface area contributed by atoms with Gasteiger partial charge in [0.2, 0.25) is 10.0 Å². The molecule has 1 aliphatic heterocycles. The summed E-state index contributed by atoms with van der Waals surface area (Å²) in [6.07, 6.45) is 3.65. The largest absolute Gasteiger partial charge is 0.377 e. The van der Waals surface area contributed by atoms with Crippen molar-refractivity contribution >= 4 is 10.0 Å². The minimum absolute atomic E-state index is 0.174. The predicted molar refractivity (Wildman–Crippen MR) is 84.7 cm³/mol. The molecule has 1 N–H and O–H groups in total. The molecule has 0 amide bonds. The Morgan fingerprint density at radius 2 is 2.10 bits per heavy atom. The van der Waals surface area contributed by atoms with Crippen molar-refractivity contribution in [1.82, 2.24) is 9.62 Å². The number of ether oxygens (including phenoxy) is 1. The molecule has 0 bridgehead atoms. The van der Waals surface area contributed by atoms with Crippen molar-refractivity contribution in [2.75, 3.05) is 32.5 Å². The fourth-order valence-corrected chi connectivity index (χ4v) is 4.70. The fourth-order valence-electron chi connectivity index (χ4n) is 3.86. The SMILES string of the molecule is CCS(=O)(=O)N(C)CCCN[C@@H]1[C@@H]2CCCO[C@@H]2C1(C)C. The normalized spacial score (nSPS) is 31.8. The average molecular weight is 318 g/mol. The molecule has 0 aromatic heterocycles. The summed E-state index contributed by atoms with van der Waals surface area (Å²) >= 11 is 0. The van der Waals surface area contributed by atoms with Gasteiger partial charge in [-0.2, -0.15) is 0 Å². The average Bonchev–Trinajstić information content (AvgIpc) is 2.46. The minimum Gasteiger partial charge on any atom is -0.377 e. The zero-order valence-electron chi connectivity index (χ0n) is 13.8. The molecule has 0 aromatic rings. The zero-order valence-corrected chi connectivity index (χ0v) is 14.6. The second kappa shape index (κ2) is 6.52. The van der Waals surface area contributed by atoms with Crippen LogP contribution in [0, 0.1) is 11.3 Å². The Bertz CT molecular complexity index is 450. The highest BCUT2D eigenvalue weighted by atomic mass is 32.2. The van der Waals surface area contributed by atoms with Gasteiger partial charge in [0.05, 0.1) is 11.9 Å². The second-order valence-corrected chi connectivity index (χ2v) is 9.29. The van der Waals surface area contributed by atoms with Gasteiger partial charge in [0, 0.05) is 37.6 Å². The molecule has 0 radical (unpaired) electrons. The molecule has 1 heterocycles. The maximum absolute atomic E-state index is 11.7. The summed E-state index contributed by atoms with van der Waals surface area (Å²) in [7, 11) is -1.38. The number of rotatable bonds is 7. The van der Waals surface area contributed by atoms with Crippen molar-refractivity contribution < 1.29 is 13.2 Å². The number of nitrogens with one attached hydrogen (secondary N) is 1. The maximum Gasteiger partial charge on any atom is 0.213 e. The molecule has 0 spiro atoms.